The van der Waals surface area contributed by atoms with Gasteiger partial charge in [-0.25, -0.2) is 0 Å². The van der Waals surface area contributed by atoms with E-state index >= 15 is 0 Å². The minimum atomic E-state index is -0.706. The molecule has 0 aromatic heterocycles. The Morgan fingerprint density at radius 2 is 1.57 bits per heavy atom. The van der Waals surface area contributed by atoms with Crippen LogP contribution in [-0.4, -0.2) is 36.9 Å². The molecule has 0 fully saturated rings. The Morgan fingerprint density at radius 3 is 1.95 bits per heavy atom. The number of primary amides is 1. The first-order chi connectivity index (χ1) is 9.97. The van der Waals surface area contributed by atoms with Crippen molar-refractivity contribution < 1.29 is 14.4 Å². The molecular weight excluding hydrogens is 272 g/mol. The van der Waals surface area contributed by atoms with Crippen LogP contribution in [0.4, 0.5) is 0 Å². The minimum absolute atomic E-state index is 0.157. The molecule has 7 heteroatoms. The highest BCUT2D eigenvalue weighted by Gasteiger charge is 2.17. The summed E-state index contributed by atoms with van der Waals surface area (Å²) in [7, 11) is 0. The first-order valence-electron chi connectivity index (χ1n) is 7.50. The van der Waals surface area contributed by atoms with Crippen LogP contribution in [0.25, 0.3) is 0 Å². The van der Waals surface area contributed by atoms with Crippen molar-refractivity contribution in [3.63, 3.8) is 0 Å². The number of hydrogen-bond donors (Lipinski definition) is 4. The minimum Gasteiger partial charge on any atom is -0.368 e. The van der Waals surface area contributed by atoms with E-state index in [1.54, 1.807) is 0 Å². The van der Waals surface area contributed by atoms with Crippen LogP contribution in [0.1, 0.15) is 53.9 Å². The van der Waals surface area contributed by atoms with Crippen LogP contribution >= 0.6 is 0 Å². The Hall–Kier alpha value is -1.63. The predicted octanol–water partition coefficient (Wildman–Crippen LogP) is 0.274. The van der Waals surface area contributed by atoms with Gasteiger partial charge in [-0.1, -0.05) is 27.7 Å². The quantitative estimate of drug-likeness (QED) is 0.480. The topological polar surface area (TPSA) is 127 Å². The lowest BCUT2D eigenvalue weighted by molar-refractivity contribution is -0.128. The van der Waals surface area contributed by atoms with Gasteiger partial charge in [0, 0.05) is 6.92 Å². The summed E-state index contributed by atoms with van der Waals surface area (Å²) >= 11 is 0. The van der Waals surface area contributed by atoms with Gasteiger partial charge in [-0.15, -0.1) is 0 Å². The van der Waals surface area contributed by atoms with Gasteiger partial charge in [-0.05, 0) is 25.8 Å². The molecule has 0 rings (SSSR count). The lowest BCUT2D eigenvalue weighted by Crippen LogP contribution is -2.47. The van der Waals surface area contributed by atoms with Crippen LogP contribution in [-0.2, 0) is 14.4 Å². The molecule has 1 unspecified atom stereocenters. The van der Waals surface area contributed by atoms with Gasteiger partial charge in [-0.3, -0.25) is 14.4 Å². The Morgan fingerprint density at radius 1 is 1.05 bits per heavy atom. The van der Waals surface area contributed by atoms with Crippen LogP contribution in [0.2, 0.25) is 0 Å². The summed E-state index contributed by atoms with van der Waals surface area (Å²) in [5, 5.41) is 4.80. The zero-order chi connectivity index (χ0) is 17.3. The standard InChI is InChI=1S/C10H20N4O3.2C2H6/c1-7(15)13-6-9(16)14-8(10(12)17)4-2-3-5-11;2*1-2/h8H,2-6,11H2,1H3,(H2,12,17)(H,13,15)(H,14,16);2*1-2H3. The first-order valence-corrected chi connectivity index (χ1v) is 7.50. The second-order valence-corrected chi connectivity index (χ2v) is 3.72. The van der Waals surface area contributed by atoms with Crippen LogP contribution in [0.3, 0.4) is 0 Å². The van der Waals surface area contributed by atoms with Crippen molar-refractivity contribution >= 4 is 17.7 Å². The molecule has 1 atom stereocenters. The second-order valence-electron chi connectivity index (χ2n) is 3.72. The third-order valence-corrected chi connectivity index (χ3v) is 2.12. The van der Waals surface area contributed by atoms with E-state index in [1.807, 2.05) is 27.7 Å². The zero-order valence-electron chi connectivity index (χ0n) is 14.0. The zero-order valence-corrected chi connectivity index (χ0v) is 14.0. The molecule has 0 aromatic rings. The molecular formula is C14H32N4O3. The number of carbonyl (C=O) groups is 3. The molecule has 0 bridgehead atoms. The molecule has 3 amide bonds. The highest BCUT2D eigenvalue weighted by atomic mass is 16.2. The van der Waals surface area contributed by atoms with Crippen molar-refractivity contribution in [1.82, 2.24) is 10.6 Å². The number of nitrogens with two attached hydrogens (primary N) is 2. The molecule has 6 N–H and O–H groups in total. The lowest BCUT2D eigenvalue weighted by atomic mass is 10.1. The molecule has 0 saturated heterocycles. The number of amides is 3. The van der Waals surface area contributed by atoms with Gasteiger partial charge in [-0.2, -0.15) is 0 Å². The van der Waals surface area contributed by atoms with E-state index in [0.29, 0.717) is 19.4 Å². The number of hydrogen-bond acceptors (Lipinski definition) is 4. The Labute approximate surface area is 128 Å². The van der Waals surface area contributed by atoms with Crippen LogP contribution in [0.5, 0.6) is 0 Å². The maximum atomic E-state index is 11.3. The van der Waals surface area contributed by atoms with Gasteiger partial charge >= 0.3 is 0 Å². The molecule has 0 heterocycles. The van der Waals surface area contributed by atoms with Crippen molar-refractivity contribution in [1.29, 1.82) is 0 Å². The smallest absolute Gasteiger partial charge is 0.240 e. The van der Waals surface area contributed by atoms with Crippen LogP contribution < -0.4 is 22.1 Å². The highest BCUT2D eigenvalue weighted by Crippen LogP contribution is 1.99. The monoisotopic (exact) mass is 304 g/mol. The normalized spacial score (nSPS) is 10.0. The average molecular weight is 304 g/mol. The Balaban J connectivity index is -0.000000739. The average Bonchev–Trinajstić information content (AvgIpc) is 2.48. The van der Waals surface area contributed by atoms with Crippen molar-refractivity contribution in [3.8, 4) is 0 Å². The third-order valence-electron chi connectivity index (χ3n) is 2.12. The molecule has 0 aliphatic rings. The van der Waals surface area contributed by atoms with Crippen molar-refractivity contribution in [3.05, 3.63) is 0 Å². The fourth-order valence-corrected chi connectivity index (χ4v) is 1.23. The molecule has 0 aliphatic carbocycles. The van der Waals surface area contributed by atoms with E-state index in [1.165, 1.54) is 6.92 Å². The van der Waals surface area contributed by atoms with Gasteiger partial charge in [0.05, 0.1) is 6.54 Å². The summed E-state index contributed by atoms with van der Waals surface area (Å²) in [4.78, 5) is 33.0. The van der Waals surface area contributed by atoms with E-state index in [9.17, 15) is 14.4 Å². The molecule has 7 nitrogen and oxygen atoms in total. The van der Waals surface area contributed by atoms with Gasteiger partial charge in [0.25, 0.3) is 0 Å². The first kappa shape index (κ1) is 24.4. The number of nitrogens with one attached hydrogen (secondary N) is 2. The Kier molecular flexibility index (Phi) is 21.3. The summed E-state index contributed by atoms with van der Waals surface area (Å²) in [6.07, 6.45) is 1.94. The number of rotatable bonds is 8. The maximum Gasteiger partial charge on any atom is 0.240 e. The van der Waals surface area contributed by atoms with E-state index in [0.717, 1.165) is 6.42 Å². The summed E-state index contributed by atoms with van der Waals surface area (Å²) in [6, 6.07) is -0.706. The molecule has 21 heavy (non-hydrogen) atoms. The van der Waals surface area contributed by atoms with Crippen molar-refractivity contribution in [2.24, 2.45) is 11.5 Å². The fourth-order valence-electron chi connectivity index (χ4n) is 1.23. The third kappa shape index (κ3) is 18.4. The summed E-state index contributed by atoms with van der Waals surface area (Å²) in [6.45, 7) is 9.68. The largest absolute Gasteiger partial charge is 0.368 e. The summed E-state index contributed by atoms with van der Waals surface area (Å²) in [5.74, 6) is -1.33. The maximum absolute atomic E-state index is 11.3. The highest BCUT2D eigenvalue weighted by molar-refractivity contribution is 5.89. The molecule has 0 aliphatic heterocycles. The lowest BCUT2D eigenvalue weighted by Gasteiger charge is -2.15. The van der Waals surface area contributed by atoms with E-state index in [2.05, 4.69) is 10.6 Å². The molecule has 0 radical (unpaired) electrons. The van der Waals surface area contributed by atoms with Crippen molar-refractivity contribution in [2.75, 3.05) is 13.1 Å². The van der Waals surface area contributed by atoms with Gasteiger partial charge < -0.3 is 22.1 Å². The van der Waals surface area contributed by atoms with Crippen molar-refractivity contribution in [2.45, 2.75) is 59.9 Å². The second kappa shape index (κ2) is 18.4. The number of unbranched alkanes of at least 4 members (excludes halogenated alkanes) is 1. The SMILES string of the molecule is CC.CC.CC(=O)NCC(=O)NC(CCCCN)C(N)=O. The predicted molar refractivity (Wildman–Crippen MR) is 85.4 cm³/mol. The van der Waals surface area contributed by atoms with Crippen LogP contribution in [0.15, 0.2) is 0 Å². The fraction of sp³-hybridized carbons (Fsp3) is 0.786. The van der Waals surface area contributed by atoms with E-state index in [-0.39, 0.29) is 12.5 Å². The molecule has 126 valence electrons. The van der Waals surface area contributed by atoms with E-state index in [4.69, 9.17) is 11.5 Å². The van der Waals surface area contributed by atoms with Gasteiger partial charge in [0.2, 0.25) is 17.7 Å². The molecule has 0 saturated carbocycles. The summed E-state index contributed by atoms with van der Waals surface area (Å²) in [5.41, 5.74) is 10.5. The summed E-state index contributed by atoms with van der Waals surface area (Å²) < 4.78 is 0. The molecule has 0 spiro atoms. The van der Waals surface area contributed by atoms with Gasteiger partial charge in [0.15, 0.2) is 0 Å². The van der Waals surface area contributed by atoms with E-state index < -0.39 is 17.9 Å². The Bertz CT molecular complexity index is 283. The van der Waals surface area contributed by atoms with Gasteiger partial charge in [0.1, 0.15) is 6.04 Å². The number of carbonyl (C=O) groups excluding carboxylic acids is 3. The molecule has 0 aromatic carbocycles. The van der Waals surface area contributed by atoms with Crippen LogP contribution in [0, 0.1) is 0 Å².